The molecule has 1 N–H and O–H groups in total. The van der Waals surface area contributed by atoms with E-state index in [1.165, 1.54) is 37.8 Å². The smallest absolute Gasteiger partial charge is 0.244 e. The lowest BCUT2D eigenvalue weighted by Gasteiger charge is -2.38. The van der Waals surface area contributed by atoms with Crippen molar-refractivity contribution in [2.24, 2.45) is 11.8 Å². The molecule has 1 aliphatic carbocycles. The highest BCUT2D eigenvalue weighted by Crippen LogP contribution is 2.35. The maximum Gasteiger partial charge on any atom is 0.244 e. The third-order valence-corrected chi connectivity index (χ3v) is 8.04. The Balaban J connectivity index is 1.11. The fourth-order valence-electron chi connectivity index (χ4n) is 5.81. The largest absolute Gasteiger partial charge is 0.356 e. The van der Waals surface area contributed by atoms with E-state index in [1.54, 1.807) is 18.2 Å². The van der Waals surface area contributed by atoms with Crippen LogP contribution in [-0.4, -0.2) is 42.1 Å². The summed E-state index contributed by atoms with van der Waals surface area (Å²) >= 11 is 6.02. The molecular weight excluding hydrogens is 477 g/mol. The monoisotopic (exact) mass is 509 g/mol. The van der Waals surface area contributed by atoms with Crippen LogP contribution in [0.2, 0.25) is 5.02 Å². The number of likely N-dealkylation sites (tertiary alicyclic amines) is 1. The van der Waals surface area contributed by atoms with Crippen molar-refractivity contribution in [2.45, 2.75) is 44.4 Å². The van der Waals surface area contributed by atoms with E-state index < -0.39 is 0 Å². The van der Waals surface area contributed by atoms with Crippen molar-refractivity contribution >= 4 is 34.6 Å². The van der Waals surface area contributed by atoms with E-state index in [0.29, 0.717) is 28.4 Å². The number of hydrogen-bond acceptors (Lipinski definition) is 4. The summed E-state index contributed by atoms with van der Waals surface area (Å²) < 4.78 is 18.9. The first-order chi connectivity index (χ1) is 17.5. The first kappa shape index (κ1) is 25.0. The number of rotatable bonds is 7. The number of aromatic nitrogens is 1. The highest BCUT2D eigenvalue weighted by Gasteiger charge is 2.30. The summed E-state index contributed by atoms with van der Waals surface area (Å²) in [5, 5.41) is 9.00. The molecule has 5 rings (SSSR count). The van der Waals surface area contributed by atoms with Crippen molar-refractivity contribution in [2.75, 3.05) is 26.2 Å². The molecule has 2 atom stereocenters. The minimum absolute atomic E-state index is 0.0557. The van der Waals surface area contributed by atoms with E-state index in [2.05, 4.69) is 15.4 Å². The molecule has 2 fully saturated rings. The average Bonchev–Trinajstić information content (AvgIpc) is 3.30. The van der Waals surface area contributed by atoms with E-state index >= 15 is 0 Å². The molecule has 0 radical (unpaired) electrons. The Hall–Kier alpha value is -2.70. The van der Waals surface area contributed by atoms with Gasteiger partial charge >= 0.3 is 0 Å². The summed E-state index contributed by atoms with van der Waals surface area (Å²) in [7, 11) is 0. The van der Waals surface area contributed by atoms with E-state index in [0.717, 1.165) is 55.7 Å². The normalized spacial score (nSPS) is 21.8. The Bertz CT molecular complexity index is 1220. The van der Waals surface area contributed by atoms with Gasteiger partial charge in [-0.15, -0.1) is 0 Å². The molecule has 3 aromatic rings. The minimum atomic E-state index is -0.296. The van der Waals surface area contributed by atoms with E-state index in [4.69, 9.17) is 16.1 Å². The molecule has 2 aliphatic rings. The van der Waals surface area contributed by atoms with Crippen LogP contribution in [0.1, 0.15) is 55.7 Å². The molecule has 0 bridgehead atoms. The van der Waals surface area contributed by atoms with Crippen LogP contribution in [0.15, 0.2) is 53.1 Å². The second kappa shape index (κ2) is 11.6. The zero-order chi connectivity index (χ0) is 24.9. The molecule has 1 amide bonds. The lowest BCUT2D eigenvalue weighted by Crippen LogP contribution is -2.42. The van der Waals surface area contributed by atoms with Gasteiger partial charge in [-0.25, -0.2) is 4.39 Å². The Labute approximate surface area is 216 Å². The van der Waals surface area contributed by atoms with Gasteiger partial charge in [-0.1, -0.05) is 41.7 Å². The van der Waals surface area contributed by atoms with Gasteiger partial charge in [0, 0.05) is 41.6 Å². The van der Waals surface area contributed by atoms with E-state index in [-0.39, 0.29) is 11.7 Å². The Morgan fingerprint density at radius 3 is 2.72 bits per heavy atom. The fourth-order valence-corrected chi connectivity index (χ4v) is 6.01. The number of halogens is 2. The highest BCUT2D eigenvalue weighted by molar-refractivity contribution is 6.30. The van der Waals surface area contributed by atoms with Crippen LogP contribution < -0.4 is 5.32 Å². The fraction of sp³-hybridized carbons (Fsp3) is 0.448. The van der Waals surface area contributed by atoms with E-state index in [1.807, 2.05) is 24.3 Å². The van der Waals surface area contributed by atoms with Crippen LogP contribution in [0.25, 0.3) is 17.0 Å². The molecule has 36 heavy (non-hydrogen) atoms. The van der Waals surface area contributed by atoms with Gasteiger partial charge in [0.05, 0.1) is 5.69 Å². The number of fused-ring (bicyclic) bond motifs is 1. The molecule has 0 spiro atoms. The van der Waals surface area contributed by atoms with Crippen LogP contribution >= 0.6 is 11.6 Å². The van der Waals surface area contributed by atoms with Crippen molar-refractivity contribution in [1.82, 2.24) is 15.4 Å². The summed E-state index contributed by atoms with van der Waals surface area (Å²) in [6, 6.07) is 12.2. The molecule has 1 aliphatic heterocycles. The summed E-state index contributed by atoms with van der Waals surface area (Å²) in [4.78, 5) is 15.0. The Morgan fingerprint density at radius 1 is 1.11 bits per heavy atom. The topological polar surface area (TPSA) is 58.4 Å². The third kappa shape index (κ3) is 6.16. The Kier molecular flexibility index (Phi) is 8.02. The average molecular weight is 510 g/mol. The summed E-state index contributed by atoms with van der Waals surface area (Å²) in [6.07, 6.45) is 10.3. The first-order valence-electron chi connectivity index (χ1n) is 13.0. The molecule has 2 aromatic carbocycles. The maximum atomic E-state index is 13.5. The number of nitrogens with zero attached hydrogens (tertiary/aromatic N) is 2. The van der Waals surface area contributed by atoms with Crippen LogP contribution in [0.5, 0.6) is 0 Å². The van der Waals surface area contributed by atoms with Crippen molar-refractivity contribution in [3.8, 4) is 0 Å². The highest BCUT2D eigenvalue weighted by atomic mass is 35.5. The second-order valence-corrected chi connectivity index (χ2v) is 10.7. The number of hydrogen-bond donors (Lipinski definition) is 1. The number of nitrogens with one attached hydrogen (secondary N) is 1. The van der Waals surface area contributed by atoms with Gasteiger partial charge in [-0.2, -0.15) is 0 Å². The molecular formula is C29H33ClFN3O2. The summed E-state index contributed by atoms with van der Waals surface area (Å²) in [5.74, 6) is 1.11. The zero-order valence-electron chi connectivity index (χ0n) is 20.5. The molecule has 5 nitrogen and oxygen atoms in total. The van der Waals surface area contributed by atoms with Crippen molar-refractivity contribution < 1.29 is 13.7 Å². The number of benzene rings is 2. The van der Waals surface area contributed by atoms with Crippen LogP contribution in [-0.2, 0) is 4.79 Å². The number of piperidine rings is 1. The Morgan fingerprint density at radius 2 is 1.92 bits per heavy atom. The molecule has 2 heterocycles. The van der Waals surface area contributed by atoms with Crippen LogP contribution in [0.4, 0.5) is 4.39 Å². The third-order valence-electron chi connectivity index (χ3n) is 7.81. The van der Waals surface area contributed by atoms with Crippen molar-refractivity contribution in [3.05, 3.63) is 70.6 Å². The van der Waals surface area contributed by atoms with Crippen LogP contribution in [0, 0.1) is 17.7 Å². The minimum Gasteiger partial charge on any atom is -0.356 e. The lowest BCUT2D eigenvalue weighted by atomic mass is 9.78. The molecule has 1 saturated heterocycles. The van der Waals surface area contributed by atoms with Gasteiger partial charge in [0.15, 0.2) is 5.58 Å². The number of carbonyl (C=O) groups is 1. The molecule has 7 heteroatoms. The number of carbonyl (C=O) groups excluding carboxylic acids is 1. The van der Waals surface area contributed by atoms with E-state index in [9.17, 15) is 9.18 Å². The van der Waals surface area contributed by atoms with Crippen molar-refractivity contribution in [3.63, 3.8) is 0 Å². The molecule has 190 valence electrons. The van der Waals surface area contributed by atoms with Gasteiger partial charge in [0.25, 0.3) is 0 Å². The van der Waals surface area contributed by atoms with Gasteiger partial charge in [-0.05, 0) is 86.5 Å². The SMILES string of the molecule is O=C(C=Cc1cccc(Cl)c1)NC[C@@H]1CCCC[C@H]1CN1CCC(c2noc3cc(F)ccc23)CC1. The second-order valence-electron chi connectivity index (χ2n) is 10.2. The zero-order valence-corrected chi connectivity index (χ0v) is 21.2. The summed E-state index contributed by atoms with van der Waals surface area (Å²) in [6.45, 7) is 3.86. The quantitative estimate of drug-likeness (QED) is 0.372. The van der Waals surface area contributed by atoms with Gasteiger partial charge < -0.3 is 14.7 Å². The summed E-state index contributed by atoms with van der Waals surface area (Å²) in [5.41, 5.74) is 2.41. The predicted molar refractivity (Wildman–Crippen MR) is 141 cm³/mol. The predicted octanol–water partition coefficient (Wildman–Crippen LogP) is 6.44. The number of amides is 1. The van der Waals surface area contributed by atoms with Gasteiger partial charge in [-0.3, -0.25) is 4.79 Å². The molecule has 0 unspecified atom stereocenters. The van der Waals surface area contributed by atoms with Gasteiger partial charge in [0.2, 0.25) is 5.91 Å². The molecule has 1 saturated carbocycles. The van der Waals surface area contributed by atoms with Gasteiger partial charge in [0.1, 0.15) is 5.82 Å². The molecule has 1 aromatic heterocycles. The van der Waals surface area contributed by atoms with Crippen molar-refractivity contribution in [1.29, 1.82) is 0 Å². The lowest BCUT2D eigenvalue weighted by molar-refractivity contribution is -0.116. The standard InChI is InChI=1S/C29H33ClFN3O2/c30-24-7-3-4-20(16-24)8-11-28(35)32-18-22-5-1-2-6-23(22)19-34-14-12-21(13-15-34)29-26-10-9-25(31)17-27(26)36-33-29/h3-4,7-11,16-17,21-23H,1-2,5-6,12-15,18-19H2,(H,32,35)/t22-,23-/m0/s1. The maximum absolute atomic E-state index is 13.5. The first-order valence-corrected chi connectivity index (χ1v) is 13.4. The van der Waals surface area contributed by atoms with Crippen LogP contribution in [0.3, 0.4) is 0 Å².